The lowest BCUT2D eigenvalue weighted by molar-refractivity contribution is -0.137. The molecule has 152 valence electrons. The summed E-state index contributed by atoms with van der Waals surface area (Å²) >= 11 is 0. The van der Waals surface area contributed by atoms with Gasteiger partial charge in [-0.25, -0.2) is 4.98 Å². The summed E-state index contributed by atoms with van der Waals surface area (Å²) in [6.07, 6.45) is -0.733. The van der Waals surface area contributed by atoms with Crippen molar-refractivity contribution in [2.45, 2.75) is 19.1 Å². The molecular formula is C20H19F4N5. The van der Waals surface area contributed by atoms with E-state index < -0.39 is 17.7 Å². The van der Waals surface area contributed by atoms with E-state index in [4.69, 9.17) is 0 Å². The van der Waals surface area contributed by atoms with E-state index in [1.165, 1.54) is 18.2 Å². The van der Waals surface area contributed by atoms with Crippen LogP contribution < -0.4 is 15.6 Å². The number of alkyl halides is 3. The van der Waals surface area contributed by atoms with E-state index in [-0.39, 0.29) is 6.04 Å². The molecule has 1 atom stereocenters. The standard InChI is InChI=1S/C20H19F4N5/c1-12-10-28(15-5-3-14(4-6-15)20(22,23)24)11-17-16(9-26-29(12)17)13-7-18(21)27-19(8-13)25-2/h3-9,11-12,26H,10H2,1-2H3,(H,25,27)/t12-/m0/s1. The molecule has 2 aliphatic heterocycles. The zero-order valence-electron chi connectivity index (χ0n) is 15.8. The number of nitrogens with one attached hydrogen (secondary N) is 2. The molecule has 9 heteroatoms. The molecule has 4 rings (SSSR count). The highest BCUT2D eigenvalue weighted by atomic mass is 19.4. The first-order valence-electron chi connectivity index (χ1n) is 9.03. The van der Waals surface area contributed by atoms with E-state index in [0.717, 1.165) is 23.4 Å². The van der Waals surface area contributed by atoms with E-state index in [9.17, 15) is 17.6 Å². The lowest BCUT2D eigenvalue weighted by atomic mass is 10.0. The Bertz CT molecular complexity index is 981. The van der Waals surface area contributed by atoms with Gasteiger partial charge < -0.3 is 15.6 Å². The molecule has 5 nitrogen and oxygen atoms in total. The molecule has 0 radical (unpaired) electrons. The fourth-order valence-corrected chi connectivity index (χ4v) is 3.50. The maximum absolute atomic E-state index is 13.9. The molecule has 1 aromatic heterocycles. The van der Waals surface area contributed by atoms with E-state index in [1.807, 2.05) is 23.0 Å². The van der Waals surface area contributed by atoms with E-state index >= 15 is 0 Å². The second kappa shape index (κ2) is 6.98. The summed E-state index contributed by atoms with van der Waals surface area (Å²) in [5.74, 6) is -0.196. The van der Waals surface area contributed by atoms with E-state index in [1.54, 1.807) is 19.3 Å². The average molecular weight is 405 g/mol. The predicted molar refractivity (Wildman–Crippen MR) is 103 cm³/mol. The topological polar surface area (TPSA) is 43.4 Å². The number of halogens is 4. The predicted octanol–water partition coefficient (Wildman–Crippen LogP) is 4.19. The van der Waals surface area contributed by atoms with Crippen LogP contribution >= 0.6 is 0 Å². The van der Waals surface area contributed by atoms with Crippen molar-refractivity contribution in [2.24, 2.45) is 0 Å². The highest BCUT2D eigenvalue weighted by molar-refractivity contribution is 5.82. The third-order valence-electron chi connectivity index (χ3n) is 4.95. The monoisotopic (exact) mass is 405 g/mol. The van der Waals surface area contributed by atoms with Gasteiger partial charge in [-0.2, -0.15) is 17.6 Å². The second-order valence-electron chi connectivity index (χ2n) is 6.93. The van der Waals surface area contributed by atoms with Gasteiger partial charge in [0.2, 0.25) is 5.95 Å². The Morgan fingerprint density at radius 1 is 1.17 bits per heavy atom. The molecular weight excluding hydrogens is 386 g/mol. The van der Waals surface area contributed by atoms with Gasteiger partial charge in [0.1, 0.15) is 5.82 Å². The van der Waals surface area contributed by atoms with E-state index in [0.29, 0.717) is 23.6 Å². The van der Waals surface area contributed by atoms with Gasteiger partial charge in [0, 0.05) is 43.3 Å². The average Bonchev–Trinajstić information content (AvgIpc) is 3.11. The molecule has 0 spiro atoms. The summed E-state index contributed by atoms with van der Waals surface area (Å²) in [7, 11) is 1.66. The van der Waals surface area contributed by atoms with Gasteiger partial charge in [-0.05, 0) is 42.8 Å². The first-order valence-corrected chi connectivity index (χ1v) is 9.03. The highest BCUT2D eigenvalue weighted by Crippen LogP contribution is 2.36. The van der Waals surface area contributed by atoms with Crippen molar-refractivity contribution >= 4 is 17.1 Å². The van der Waals surface area contributed by atoms with Crippen molar-refractivity contribution < 1.29 is 17.6 Å². The molecule has 0 saturated carbocycles. The van der Waals surface area contributed by atoms with Crippen LogP contribution in [-0.4, -0.2) is 29.6 Å². The van der Waals surface area contributed by atoms with Crippen LogP contribution in [0.3, 0.4) is 0 Å². The van der Waals surface area contributed by atoms with Crippen molar-refractivity contribution in [3.8, 4) is 0 Å². The summed E-state index contributed by atoms with van der Waals surface area (Å²) in [5.41, 5.74) is 5.36. The zero-order valence-corrected chi connectivity index (χ0v) is 15.8. The number of pyridine rings is 1. The largest absolute Gasteiger partial charge is 0.416 e. The van der Waals surface area contributed by atoms with Crippen LogP contribution in [0, 0.1) is 5.95 Å². The summed E-state index contributed by atoms with van der Waals surface area (Å²) < 4.78 is 52.4. The minimum atomic E-state index is -4.37. The van der Waals surface area contributed by atoms with Crippen LogP contribution in [0.1, 0.15) is 18.1 Å². The molecule has 0 saturated heterocycles. The summed E-state index contributed by atoms with van der Waals surface area (Å²) in [4.78, 5) is 5.67. The van der Waals surface area contributed by atoms with Crippen LogP contribution in [-0.2, 0) is 6.18 Å². The third kappa shape index (κ3) is 3.59. The first-order chi connectivity index (χ1) is 13.8. The summed E-state index contributed by atoms with van der Waals surface area (Å²) in [6, 6.07) is 8.18. The molecule has 3 heterocycles. The van der Waals surface area contributed by atoms with Gasteiger partial charge in [-0.1, -0.05) is 0 Å². The molecule has 1 aromatic carbocycles. The minimum absolute atomic E-state index is 0.0292. The first kappa shape index (κ1) is 19.1. The second-order valence-corrected chi connectivity index (χ2v) is 6.93. The van der Waals surface area contributed by atoms with E-state index in [2.05, 4.69) is 15.7 Å². The zero-order chi connectivity index (χ0) is 20.8. The SMILES string of the molecule is CNc1cc(C2=CNN3C2=CN(c2ccc(C(F)(F)F)cc2)C[C@@H]3C)cc(F)n1. The van der Waals surface area contributed by atoms with Gasteiger partial charge in [-0.15, -0.1) is 0 Å². The Hall–Kier alpha value is -3.23. The number of anilines is 2. The molecule has 0 bridgehead atoms. The van der Waals surface area contributed by atoms with Crippen molar-refractivity contribution in [1.29, 1.82) is 0 Å². The number of nitrogens with zero attached hydrogens (tertiary/aromatic N) is 3. The number of hydrazine groups is 1. The molecule has 0 amide bonds. The molecule has 2 aromatic rings. The van der Waals surface area contributed by atoms with Crippen molar-refractivity contribution in [1.82, 2.24) is 15.4 Å². The molecule has 0 fully saturated rings. The Labute approximate surface area is 165 Å². The normalized spacial score (nSPS) is 18.8. The van der Waals surface area contributed by atoms with Crippen LogP contribution in [0.2, 0.25) is 0 Å². The van der Waals surface area contributed by atoms with Crippen LogP contribution in [0.15, 0.2) is 54.5 Å². The van der Waals surface area contributed by atoms with Gasteiger partial charge in [-0.3, -0.25) is 5.01 Å². The van der Waals surface area contributed by atoms with Crippen LogP contribution in [0.4, 0.5) is 29.1 Å². The smallest absolute Gasteiger partial charge is 0.373 e. The lowest BCUT2D eigenvalue weighted by Gasteiger charge is -2.38. The number of aromatic nitrogens is 1. The maximum atomic E-state index is 13.9. The van der Waals surface area contributed by atoms with Gasteiger partial charge in [0.25, 0.3) is 0 Å². The highest BCUT2D eigenvalue weighted by Gasteiger charge is 2.33. The Balaban J connectivity index is 1.68. The van der Waals surface area contributed by atoms with Crippen molar-refractivity contribution in [2.75, 3.05) is 23.8 Å². The lowest BCUT2D eigenvalue weighted by Crippen LogP contribution is -2.47. The van der Waals surface area contributed by atoms with Crippen molar-refractivity contribution in [3.05, 3.63) is 71.6 Å². The number of rotatable bonds is 3. The van der Waals surface area contributed by atoms with Gasteiger partial charge >= 0.3 is 6.18 Å². The third-order valence-corrected chi connectivity index (χ3v) is 4.95. The van der Waals surface area contributed by atoms with Crippen LogP contribution in [0.25, 0.3) is 5.57 Å². The Morgan fingerprint density at radius 3 is 2.55 bits per heavy atom. The molecule has 2 aliphatic rings. The molecule has 0 aliphatic carbocycles. The molecule has 2 N–H and O–H groups in total. The van der Waals surface area contributed by atoms with Gasteiger partial charge in [0.05, 0.1) is 17.3 Å². The number of hydrogen-bond acceptors (Lipinski definition) is 5. The van der Waals surface area contributed by atoms with Crippen molar-refractivity contribution in [3.63, 3.8) is 0 Å². The fraction of sp³-hybridized carbons (Fsp3) is 0.250. The summed E-state index contributed by atoms with van der Waals surface area (Å²) in [6.45, 7) is 2.58. The quantitative estimate of drug-likeness (QED) is 0.592. The Kier molecular flexibility index (Phi) is 4.60. The molecule has 29 heavy (non-hydrogen) atoms. The van der Waals surface area contributed by atoms with Gasteiger partial charge in [0.15, 0.2) is 0 Å². The number of fused-ring (bicyclic) bond motifs is 1. The Morgan fingerprint density at radius 2 is 1.90 bits per heavy atom. The molecule has 0 unspecified atom stereocenters. The van der Waals surface area contributed by atoms with Crippen LogP contribution in [0.5, 0.6) is 0 Å². The maximum Gasteiger partial charge on any atom is 0.416 e. The number of hydrogen-bond donors (Lipinski definition) is 2. The summed E-state index contributed by atoms with van der Waals surface area (Å²) in [5, 5.41) is 4.78. The fourth-order valence-electron chi connectivity index (χ4n) is 3.50. The number of allylic oxidation sites excluding steroid dienone is 1. The minimum Gasteiger partial charge on any atom is -0.373 e. The number of benzene rings is 1.